The van der Waals surface area contributed by atoms with Crippen LogP contribution >= 0.6 is 23.1 Å². The normalized spacial score (nSPS) is 19.8. The van der Waals surface area contributed by atoms with Crippen molar-refractivity contribution in [3.63, 3.8) is 0 Å². The van der Waals surface area contributed by atoms with Gasteiger partial charge in [0.25, 0.3) is 0 Å². The van der Waals surface area contributed by atoms with Gasteiger partial charge in [-0.25, -0.2) is 13.1 Å². The van der Waals surface area contributed by atoms with E-state index in [0.717, 1.165) is 35.0 Å². The minimum absolute atomic E-state index is 0.425. The predicted octanol–water partition coefficient (Wildman–Crippen LogP) is 2.73. The summed E-state index contributed by atoms with van der Waals surface area (Å²) in [6, 6.07) is 1.80. The van der Waals surface area contributed by atoms with Crippen LogP contribution < -0.4 is 10.0 Å². The zero-order valence-electron chi connectivity index (χ0n) is 12.6. The van der Waals surface area contributed by atoms with E-state index in [2.05, 4.69) is 10.0 Å². The van der Waals surface area contributed by atoms with Crippen LogP contribution in [0.25, 0.3) is 0 Å². The summed E-state index contributed by atoms with van der Waals surface area (Å²) in [7, 11) is -3.38. The van der Waals surface area contributed by atoms with Gasteiger partial charge in [0.2, 0.25) is 10.0 Å². The molecule has 0 spiro atoms. The Bertz CT molecular complexity index is 549. The van der Waals surface area contributed by atoms with E-state index in [1.54, 1.807) is 17.4 Å². The van der Waals surface area contributed by atoms with E-state index in [9.17, 15) is 8.42 Å². The number of thioether (sulfide) groups is 1. The predicted molar refractivity (Wildman–Crippen MR) is 91.7 cm³/mol. The minimum Gasteiger partial charge on any atom is -0.312 e. The average molecular weight is 349 g/mol. The van der Waals surface area contributed by atoms with Crippen molar-refractivity contribution in [1.29, 1.82) is 0 Å². The largest absolute Gasteiger partial charge is 0.312 e. The molecule has 1 aromatic heterocycles. The number of nitrogens with one attached hydrogen (secondary N) is 2. The molecule has 0 radical (unpaired) electrons. The van der Waals surface area contributed by atoms with Gasteiger partial charge in [0.15, 0.2) is 0 Å². The van der Waals surface area contributed by atoms with E-state index < -0.39 is 10.0 Å². The summed E-state index contributed by atoms with van der Waals surface area (Å²) in [6.07, 6.45) is 3.58. The number of thiophene rings is 1. The van der Waals surface area contributed by atoms with Crippen LogP contribution in [0.4, 0.5) is 0 Å². The second kappa shape index (κ2) is 7.97. The molecule has 7 heteroatoms. The standard InChI is InChI=1S/C14H24N2O2S3/c1-3-15-9-13-8-14(11(2)20-13)21(17,18)16-10-12-6-4-5-7-19-12/h8,12,15-16H,3-7,9-10H2,1-2H3. The minimum atomic E-state index is -3.38. The molecule has 1 fully saturated rings. The van der Waals surface area contributed by atoms with E-state index in [0.29, 0.717) is 16.7 Å². The van der Waals surface area contributed by atoms with Crippen LogP contribution in [-0.2, 0) is 16.6 Å². The Morgan fingerprint density at radius 1 is 1.38 bits per heavy atom. The summed E-state index contributed by atoms with van der Waals surface area (Å²) >= 11 is 3.44. The third-order valence-electron chi connectivity index (χ3n) is 3.54. The van der Waals surface area contributed by atoms with Crippen LogP contribution in [0.2, 0.25) is 0 Å². The number of aryl methyl sites for hydroxylation is 1. The topological polar surface area (TPSA) is 58.2 Å². The molecule has 1 aliphatic heterocycles. The molecular formula is C14H24N2O2S3. The molecule has 1 saturated heterocycles. The van der Waals surface area contributed by atoms with Crippen molar-refractivity contribution in [1.82, 2.24) is 10.0 Å². The number of hydrogen-bond donors (Lipinski definition) is 2. The fraction of sp³-hybridized carbons (Fsp3) is 0.714. The van der Waals surface area contributed by atoms with E-state index in [1.807, 2.05) is 25.6 Å². The van der Waals surface area contributed by atoms with Crippen LogP contribution in [0.5, 0.6) is 0 Å². The van der Waals surface area contributed by atoms with Gasteiger partial charge in [-0.3, -0.25) is 0 Å². The molecule has 4 nitrogen and oxygen atoms in total. The lowest BCUT2D eigenvalue weighted by Crippen LogP contribution is -2.32. The third kappa shape index (κ3) is 4.96. The van der Waals surface area contributed by atoms with E-state index in [1.165, 1.54) is 12.8 Å². The maximum atomic E-state index is 12.4. The van der Waals surface area contributed by atoms with Crippen molar-refractivity contribution in [2.45, 2.75) is 49.8 Å². The monoisotopic (exact) mass is 348 g/mol. The lowest BCUT2D eigenvalue weighted by Gasteiger charge is -2.21. The molecule has 1 unspecified atom stereocenters. The smallest absolute Gasteiger partial charge is 0.241 e. The Morgan fingerprint density at radius 3 is 2.86 bits per heavy atom. The zero-order valence-corrected chi connectivity index (χ0v) is 15.1. The van der Waals surface area contributed by atoms with Gasteiger partial charge < -0.3 is 5.32 Å². The van der Waals surface area contributed by atoms with E-state index in [-0.39, 0.29) is 0 Å². The van der Waals surface area contributed by atoms with E-state index in [4.69, 9.17) is 0 Å². The molecule has 0 bridgehead atoms. The second-order valence-corrected chi connectivity index (χ2v) is 9.74. The Labute approximate surface area is 136 Å². The lowest BCUT2D eigenvalue weighted by atomic mass is 10.2. The molecule has 2 rings (SSSR count). The highest BCUT2D eigenvalue weighted by molar-refractivity contribution is 8.00. The molecule has 21 heavy (non-hydrogen) atoms. The van der Waals surface area contributed by atoms with Crippen molar-refractivity contribution in [2.24, 2.45) is 0 Å². The van der Waals surface area contributed by atoms with Crippen molar-refractivity contribution in [3.05, 3.63) is 15.8 Å². The molecule has 1 aliphatic rings. The first-order chi connectivity index (χ1) is 10.0. The van der Waals surface area contributed by atoms with E-state index >= 15 is 0 Å². The number of rotatable bonds is 7. The van der Waals surface area contributed by atoms with Crippen LogP contribution in [0.1, 0.15) is 35.9 Å². The molecule has 120 valence electrons. The van der Waals surface area contributed by atoms with Crippen LogP contribution in [-0.4, -0.2) is 32.5 Å². The van der Waals surface area contributed by atoms with Gasteiger partial charge in [-0.05, 0) is 38.1 Å². The highest BCUT2D eigenvalue weighted by atomic mass is 32.2. The fourth-order valence-corrected chi connectivity index (χ4v) is 6.40. The molecule has 0 aromatic carbocycles. The average Bonchev–Trinajstić information content (AvgIpc) is 2.86. The summed E-state index contributed by atoms with van der Waals surface area (Å²) in [5.41, 5.74) is 0. The first-order valence-electron chi connectivity index (χ1n) is 7.44. The maximum Gasteiger partial charge on any atom is 0.241 e. The van der Waals surface area contributed by atoms with Crippen molar-refractivity contribution >= 4 is 33.1 Å². The van der Waals surface area contributed by atoms with Crippen LogP contribution in [0.15, 0.2) is 11.0 Å². The van der Waals surface area contributed by atoms with Crippen molar-refractivity contribution < 1.29 is 8.42 Å². The highest BCUT2D eigenvalue weighted by Gasteiger charge is 2.22. The zero-order chi connectivity index (χ0) is 15.3. The molecule has 0 amide bonds. The molecule has 1 aromatic rings. The van der Waals surface area contributed by atoms with Crippen molar-refractivity contribution in [3.8, 4) is 0 Å². The van der Waals surface area contributed by atoms with Crippen LogP contribution in [0.3, 0.4) is 0 Å². The molecule has 0 aliphatic carbocycles. The van der Waals surface area contributed by atoms with Crippen LogP contribution in [0, 0.1) is 6.92 Å². The van der Waals surface area contributed by atoms with Gasteiger partial charge in [-0.15, -0.1) is 11.3 Å². The van der Waals surface area contributed by atoms with Gasteiger partial charge in [-0.2, -0.15) is 11.8 Å². The number of sulfonamides is 1. The summed E-state index contributed by atoms with van der Waals surface area (Å²) < 4.78 is 27.7. The van der Waals surface area contributed by atoms with Gasteiger partial charge in [-0.1, -0.05) is 13.3 Å². The number of hydrogen-bond acceptors (Lipinski definition) is 5. The third-order valence-corrected chi connectivity index (χ3v) is 7.66. The summed E-state index contributed by atoms with van der Waals surface area (Å²) in [4.78, 5) is 2.38. The molecule has 1 atom stereocenters. The first kappa shape index (κ1) is 17.3. The lowest BCUT2D eigenvalue weighted by molar-refractivity contribution is 0.573. The van der Waals surface area contributed by atoms with Gasteiger partial charge in [0.05, 0.1) is 4.90 Å². The van der Waals surface area contributed by atoms with Gasteiger partial charge >= 0.3 is 0 Å². The van der Waals surface area contributed by atoms with Gasteiger partial charge in [0, 0.05) is 28.1 Å². The van der Waals surface area contributed by atoms with Gasteiger partial charge in [0.1, 0.15) is 0 Å². The Morgan fingerprint density at radius 2 is 2.19 bits per heavy atom. The first-order valence-corrected chi connectivity index (χ1v) is 10.8. The summed E-state index contributed by atoms with van der Waals surface area (Å²) in [5, 5.41) is 3.66. The Hall–Kier alpha value is -0.0800. The summed E-state index contributed by atoms with van der Waals surface area (Å²) in [5.74, 6) is 1.15. The Kier molecular flexibility index (Phi) is 6.55. The quantitative estimate of drug-likeness (QED) is 0.795. The molecule has 0 saturated carbocycles. The molecular weight excluding hydrogens is 324 g/mol. The molecule has 2 heterocycles. The SMILES string of the molecule is CCNCc1cc(S(=O)(=O)NCC2CCCCS2)c(C)s1. The Balaban J connectivity index is 1.99. The second-order valence-electron chi connectivity index (χ2n) is 5.25. The fourth-order valence-electron chi connectivity index (χ4n) is 2.38. The summed E-state index contributed by atoms with van der Waals surface area (Å²) in [6.45, 7) is 6.09. The highest BCUT2D eigenvalue weighted by Crippen LogP contribution is 2.27. The van der Waals surface area contributed by atoms with Crippen molar-refractivity contribution in [2.75, 3.05) is 18.8 Å². The molecule has 2 N–H and O–H groups in total. The maximum absolute atomic E-state index is 12.4.